The van der Waals surface area contributed by atoms with Crippen LogP contribution in [0.1, 0.15) is 57.7 Å². The van der Waals surface area contributed by atoms with Crippen molar-refractivity contribution in [3.8, 4) is 0 Å². The fraction of sp³-hybridized carbons (Fsp3) is 0.450. The van der Waals surface area contributed by atoms with Crippen molar-refractivity contribution in [2.24, 2.45) is 7.05 Å². The quantitative estimate of drug-likeness (QED) is 0.868. The minimum Gasteiger partial charge on any atom is -0.349 e. The number of carbonyl (C=O) groups excluding carboxylic acids is 2. The lowest BCUT2D eigenvalue weighted by Crippen LogP contribution is -2.33. The topological polar surface area (TPSA) is 67.2 Å². The maximum atomic E-state index is 13.0. The molecule has 26 heavy (non-hydrogen) atoms. The zero-order valence-electron chi connectivity index (χ0n) is 15.2. The van der Waals surface area contributed by atoms with Gasteiger partial charge in [0, 0.05) is 36.9 Å². The van der Waals surface area contributed by atoms with Gasteiger partial charge >= 0.3 is 0 Å². The third-order valence-electron chi connectivity index (χ3n) is 5.20. The Morgan fingerprint density at radius 2 is 1.88 bits per heavy atom. The number of rotatable bonds is 6. The van der Waals surface area contributed by atoms with Gasteiger partial charge in [-0.3, -0.25) is 14.3 Å². The van der Waals surface area contributed by atoms with Crippen LogP contribution in [0.2, 0.25) is 0 Å². The van der Waals surface area contributed by atoms with Crippen molar-refractivity contribution in [2.45, 2.75) is 51.2 Å². The molecule has 0 radical (unpaired) electrons. The van der Waals surface area contributed by atoms with E-state index in [1.54, 1.807) is 10.9 Å². The first kappa shape index (κ1) is 16.8. The Labute approximate surface area is 153 Å². The summed E-state index contributed by atoms with van der Waals surface area (Å²) in [6, 6.07) is 8.24. The van der Waals surface area contributed by atoms with E-state index in [0.29, 0.717) is 29.8 Å². The van der Waals surface area contributed by atoms with Crippen molar-refractivity contribution in [3.05, 3.63) is 52.8 Å². The van der Waals surface area contributed by atoms with E-state index in [9.17, 15) is 9.59 Å². The third-order valence-corrected chi connectivity index (χ3v) is 5.20. The monoisotopic (exact) mass is 352 g/mol. The first-order valence-corrected chi connectivity index (χ1v) is 9.22. The Balaban J connectivity index is 1.47. The number of benzene rings is 1. The van der Waals surface area contributed by atoms with Crippen LogP contribution >= 0.6 is 0 Å². The molecule has 0 atom stereocenters. The highest BCUT2D eigenvalue weighted by molar-refractivity contribution is 5.96. The summed E-state index contributed by atoms with van der Waals surface area (Å²) in [6.45, 7) is 2.47. The number of nitrogens with zero attached hydrogens (tertiary/aromatic N) is 3. The Bertz CT molecular complexity index is 832. The van der Waals surface area contributed by atoms with Gasteiger partial charge in [0.05, 0.1) is 11.8 Å². The summed E-state index contributed by atoms with van der Waals surface area (Å²) in [4.78, 5) is 27.0. The molecule has 2 saturated carbocycles. The Kier molecular flexibility index (Phi) is 4.26. The summed E-state index contributed by atoms with van der Waals surface area (Å²) >= 11 is 0. The first-order chi connectivity index (χ1) is 12.5. The van der Waals surface area contributed by atoms with E-state index in [-0.39, 0.29) is 11.8 Å². The van der Waals surface area contributed by atoms with Crippen LogP contribution in [0.4, 0.5) is 0 Å². The molecule has 2 aliphatic rings. The molecule has 0 saturated heterocycles. The maximum absolute atomic E-state index is 13.0. The highest BCUT2D eigenvalue weighted by Crippen LogP contribution is 2.30. The minimum atomic E-state index is -0.0137. The third kappa shape index (κ3) is 3.49. The van der Waals surface area contributed by atoms with Crippen molar-refractivity contribution >= 4 is 11.8 Å². The van der Waals surface area contributed by atoms with Gasteiger partial charge in [-0.15, -0.1) is 0 Å². The Morgan fingerprint density at radius 3 is 2.42 bits per heavy atom. The molecule has 2 aliphatic carbocycles. The number of nitrogens with one attached hydrogen (secondary N) is 1. The van der Waals surface area contributed by atoms with Crippen LogP contribution in [0.3, 0.4) is 0 Å². The molecule has 6 nitrogen and oxygen atoms in total. The molecule has 1 N–H and O–H groups in total. The molecule has 1 aromatic carbocycles. The van der Waals surface area contributed by atoms with Crippen molar-refractivity contribution in [2.75, 3.05) is 0 Å². The van der Waals surface area contributed by atoms with Gasteiger partial charge in [-0.1, -0.05) is 12.1 Å². The number of aromatic nitrogens is 2. The van der Waals surface area contributed by atoms with Crippen LogP contribution < -0.4 is 5.32 Å². The normalized spacial score (nSPS) is 16.4. The van der Waals surface area contributed by atoms with Crippen molar-refractivity contribution in [1.29, 1.82) is 0 Å². The fourth-order valence-corrected chi connectivity index (χ4v) is 3.07. The van der Waals surface area contributed by atoms with Crippen molar-refractivity contribution in [1.82, 2.24) is 20.0 Å². The predicted molar refractivity (Wildman–Crippen MR) is 97.8 cm³/mol. The van der Waals surface area contributed by atoms with E-state index in [2.05, 4.69) is 10.4 Å². The van der Waals surface area contributed by atoms with E-state index in [1.165, 1.54) is 0 Å². The largest absolute Gasteiger partial charge is 0.349 e. The zero-order chi connectivity index (χ0) is 18.3. The molecular weight excluding hydrogens is 328 g/mol. The van der Waals surface area contributed by atoms with Gasteiger partial charge < -0.3 is 10.2 Å². The summed E-state index contributed by atoms with van der Waals surface area (Å²) in [5.41, 5.74) is 3.26. The molecule has 2 amide bonds. The zero-order valence-corrected chi connectivity index (χ0v) is 15.2. The van der Waals surface area contributed by atoms with E-state index in [1.807, 2.05) is 43.1 Å². The average Bonchev–Trinajstić information content (AvgIpc) is 3.55. The number of hydrogen-bond donors (Lipinski definition) is 1. The van der Waals surface area contributed by atoms with Crippen LogP contribution in [0.5, 0.6) is 0 Å². The standard InChI is InChI=1S/C20H24N4O2/c1-13-18(11-21-23(13)2)20(26)24(17-9-10-17)12-14-3-5-15(6-4-14)19(25)22-16-7-8-16/h3-6,11,16-17H,7-10,12H2,1-2H3,(H,22,25). The lowest BCUT2D eigenvalue weighted by atomic mass is 10.1. The molecule has 2 aromatic rings. The summed E-state index contributed by atoms with van der Waals surface area (Å²) in [6.07, 6.45) is 5.91. The maximum Gasteiger partial charge on any atom is 0.257 e. The number of hydrogen-bond acceptors (Lipinski definition) is 3. The van der Waals surface area contributed by atoms with E-state index >= 15 is 0 Å². The van der Waals surface area contributed by atoms with Crippen LogP contribution in [-0.2, 0) is 13.6 Å². The molecule has 6 heteroatoms. The van der Waals surface area contributed by atoms with Crippen LogP contribution in [0.25, 0.3) is 0 Å². The van der Waals surface area contributed by atoms with Gasteiger partial charge in [-0.25, -0.2) is 0 Å². The number of amides is 2. The molecule has 0 aliphatic heterocycles. The predicted octanol–water partition coefficient (Wildman–Crippen LogP) is 2.43. The molecular formula is C20H24N4O2. The van der Waals surface area contributed by atoms with Gasteiger partial charge in [0.15, 0.2) is 0 Å². The van der Waals surface area contributed by atoms with Gasteiger partial charge in [-0.05, 0) is 50.3 Å². The molecule has 0 unspecified atom stereocenters. The smallest absolute Gasteiger partial charge is 0.257 e. The Hall–Kier alpha value is -2.63. The highest BCUT2D eigenvalue weighted by Gasteiger charge is 2.34. The van der Waals surface area contributed by atoms with E-state index in [4.69, 9.17) is 0 Å². The van der Waals surface area contributed by atoms with Crippen LogP contribution in [-0.4, -0.2) is 38.6 Å². The first-order valence-electron chi connectivity index (χ1n) is 9.22. The van der Waals surface area contributed by atoms with Gasteiger partial charge in [0.25, 0.3) is 11.8 Å². The molecule has 4 rings (SSSR count). The second-order valence-corrected chi connectivity index (χ2v) is 7.38. The van der Waals surface area contributed by atoms with Crippen molar-refractivity contribution in [3.63, 3.8) is 0 Å². The summed E-state index contributed by atoms with van der Waals surface area (Å²) in [7, 11) is 1.85. The second-order valence-electron chi connectivity index (χ2n) is 7.38. The highest BCUT2D eigenvalue weighted by atomic mass is 16.2. The fourth-order valence-electron chi connectivity index (χ4n) is 3.07. The molecule has 2 fully saturated rings. The lowest BCUT2D eigenvalue weighted by Gasteiger charge is -2.22. The van der Waals surface area contributed by atoms with Crippen LogP contribution in [0.15, 0.2) is 30.5 Å². The SMILES string of the molecule is Cc1c(C(=O)N(Cc2ccc(C(=O)NC3CC3)cc2)C2CC2)cnn1C. The average molecular weight is 352 g/mol. The number of carbonyl (C=O) groups is 2. The lowest BCUT2D eigenvalue weighted by molar-refractivity contribution is 0.0728. The number of aryl methyl sites for hydroxylation is 1. The molecule has 0 bridgehead atoms. The molecule has 0 spiro atoms. The summed E-state index contributed by atoms with van der Waals surface area (Å²) < 4.78 is 1.73. The molecule has 1 aromatic heterocycles. The summed E-state index contributed by atoms with van der Waals surface area (Å²) in [5, 5.41) is 7.18. The molecule has 1 heterocycles. The van der Waals surface area contributed by atoms with E-state index in [0.717, 1.165) is 36.9 Å². The van der Waals surface area contributed by atoms with Crippen molar-refractivity contribution < 1.29 is 9.59 Å². The Morgan fingerprint density at radius 1 is 1.19 bits per heavy atom. The summed E-state index contributed by atoms with van der Waals surface area (Å²) in [5.74, 6) is 0.0220. The minimum absolute atomic E-state index is 0.0137. The second kappa shape index (κ2) is 6.59. The van der Waals surface area contributed by atoms with Gasteiger partial charge in [0.2, 0.25) is 0 Å². The molecule has 136 valence electrons. The van der Waals surface area contributed by atoms with E-state index < -0.39 is 0 Å². The van der Waals surface area contributed by atoms with Gasteiger partial charge in [-0.2, -0.15) is 5.10 Å². The van der Waals surface area contributed by atoms with Crippen LogP contribution in [0, 0.1) is 6.92 Å². The van der Waals surface area contributed by atoms with Gasteiger partial charge in [0.1, 0.15) is 0 Å².